The van der Waals surface area contributed by atoms with Crippen LogP contribution in [0.3, 0.4) is 0 Å². The molecule has 0 aromatic heterocycles. The van der Waals surface area contributed by atoms with Crippen molar-refractivity contribution in [2.24, 2.45) is 0 Å². The summed E-state index contributed by atoms with van der Waals surface area (Å²) in [4.78, 5) is 14.8. The third-order valence-electron chi connectivity index (χ3n) is 4.25. The zero-order valence-corrected chi connectivity index (χ0v) is 13.7. The van der Waals surface area contributed by atoms with Crippen LogP contribution in [-0.4, -0.2) is 48.6 Å². The van der Waals surface area contributed by atoms with E-state index in [2.05, 4.69) is 43.2 Å². The van der Waals surface area contributed by atoms with Crippen molar-refractivity contribution in [1.29, 1.82) is 0 Å². The summed E-state index contributed by atoms with van der Waals surface area (Å²) in [6.45, 7) is 11.7. The molecule has 0 bridgehead atoms. The summed E-state index contributed by atoms with van der Waals surface area (Å²) in [6, 6.07) is 0.822. The van der Waals surface area contributed by atoms with Crippen molar-refractivity contribution < 1.29 is 4.79 Å². The van der Waals surface area contributed by atoms with E-state index in [1.807, 2.05) is 0 Å². The van der Waals surface area contributed by atoms with Gasteiger partial charge in [-0.3, -0.25) is 9.69 Å². The number of nitrogens with one attached hydrogen (secondary N) is 2. The minimum atomic E-state index is -0.0163. The fourth-order valence-electron chi connectivity index (χ4n) is 3.11. The molecule has 0 aromatic rings. The second-order valence-electron chi connectivity index (χ2n) is 6.09. The van der Waals surface area contributed by atoms with Gasteiger partial charge in [0.2, 0.25) is 5.91 Å². The molecule has 2 atom stereocenters. The smallest absolute Gasteiger partial charge is 0.237 e. The highest BCUT2D eigenvalue weighted by atomic mass is 16.2. The van der Waals surface area contributed by atoms with Gasteiger partial charge in [-0.2, -0.15) is 0 Å². The van der Waals surface area contributed by atoms with Crippen LogP contribution in [-0.2, 0) is 4.79 Å². The van der Waals surface area contributed by atoms with Crippen molar-refractivity contribution in [1.82, 2.24) is 15.5 Å². The van der Waals surface area contributed by atoms with Crippen LogP contribution < -0.4 is 10.6 Å². The van der Waals surface area contributed by atoms with E-state index in [-0.39, 0.29) is 18.0 Å². The summed E-state index contributed by atoms with van der Waals surface area (Å²) in [5.74, 6) is 0.193. The van der Waals surface area contributed by atoms with Crippen LogP contribution in [0.4, 0.5) is 0 Å². The van der Waals surface area contributed by atoms with Gasteiger partial charge in [-0.15, -0.1) is 0 Å². The normalized spacial score (nSPS) is 19.9. The highest BCUT2D eigenvalue weighted by molar-refractivity contribution is 5.81. The third kappa shape index (κ3) is 5.41. The van der Waals surface area contributed by atoms with Crippen molar-refractivity contribution in [3.63, 3.8) is 0 Å². The molecule has 0 aromatic carbocycles. The van der Waals surface area contributed by atoms with Gasteiger partial charge < -0.3 is 10.6 Å². The van der Waals surface area contributed by atoms with Crippen molar-refractivity contribution in [2.45, 2.75) is 77.9 Å². The molecule has 1 rings (SSSR count). The van der Waals surface area contributed by atoms with Crippen LogP contribution in [0.5, 0.6) is 0 Å². The summed E-state index contributed by atoms with van der Waals surface area (Å²) in [6.07, 6.45) is 5.58. The molecule has 118 valence electrons. The summed E-state index contributed by atoms with van der Waals surface area (Å²) < 4.78 is 0. The van der Waals surface area contributed by atoms with Gasteiger partial charge in [-0.25, -0.2) is 0 Å². The molecule has 0 saturated carbocycles. The van der Waals surface area contributed by atoms with Crippen LogP contribution in [0.2, 0.25) is 0 Å². The second kappa shape index (κ2) is 9.35. The van der Waals surface area contributed by atoms with Gasteiger partial charge in [0.05, 0.1) is 6.04 Å². The Morgan fingerprint density at radius 3 is 2.45 bits per heavy atom. The molecule has 0 radical (unpaired) electrons. The van der Waals surface area contributed by atoms with Crippen molar-refractivity contribution >= 4 is 5.91 Å². The number of rotatable bonds is 8. The quantitative estimate of drug-likeness (QED) is 0.717. The first-order valence-electron chi connectivity index (χ1n) is 8.36. The standard InChI is InChI=1S/C16H33N3O/c1-5-7-13(3)18-16(20)14(4)19(12-6-2)15-8-10-17-11-9-15/h13-15,17H,5-12H2,1-4H3,(H,18,20). The molecule has 20 heavy (non-hydrogen) atoms. The summed E-state index contributed by atoms with van der Waals surface area (Å²) >= 11 is 0. The lowest BCUT2D eigenvalue weighted by molar-refractivity contribution is -0.127. The number of piperidine rings is 1. The predicted molar refractivity (Wildman–Crippen MR) is 84.9 cm³/mol. The SMILES string of the molecule is CCCC(C)NC(=O)C(C)N(CCC)C1CCNCC1. The van der Waals surface area contributed by atoms with Gasteiger partial charge in [-0.05, 0) is 59.2 Å². The molecule has 4 nitrogen and oxygen atoms in total. The molecule has 1 heterocycles. The van der Waals surface area contributed by atoms with Gasteiger partial charge in [0, 0.05) is 12.1 Å². The zero-order valence-electron chi connectivity index (χ0n) is 13.7. The first-order valence-corrected chi connectivity index (χ1v) is 8.36. The lowest BCUT2D eigenvalue weighted by Crippen LogP contribution is -2.53. The number of hydrogen-bond acceptors (Lipinski definition) is 3. The number of carbonyl (C=O) groups is 1. The summed E-state index contributed by atoms with van der Waals surface area (Å²) in [7, 11) is 0. The molecule has 2 unspecified atom stereocenters. The van der Waals surface area contributed by atoms with Crippen molar-refractivity contribution in [2.75, 3.05) is 19.6 Å². The summed E-state index contributed by atoms with van der Waals surface area (Å²) in [5, 5.41) is 6.56. The molecule has 1 fully saturated rings. The van der Waals surface area contributed by atoms with E-state index < -0.39 is 0 Å². The maximum absolute atomic E-state index is 12.4. The van der Waals surface area contributed by atoms with Crippen LogP contribution in [0.25, 0.3) is 0 Å². The van der Waals surface area contributed by atoms with Gasteiger partial charge in [0.15, 0.2) is 0 Å². The molecule has 0 spiro atoms. The Morgan fingerprint density at radius 1 is 1.25 bits per heavy atom. The molecule has 1 amide bonds. The topological polar surface area (TPSA) is 44.4 Å². The molecular formula is C16H33N3O. The van der Waals surface area contributed by atoms with Crippen LogP contribution in [0.15, 0.2) is 0 Å². The van der Waals surface area contributed by atoms with Crippen LogP contribution in [0, 0.1) is 0 Å². The molecule has 2 N–H and O–H groups in total. The van der Waals surface area contributed by atoms with Crippen LogP contribution in [0.1, 0.15) is 59.8 Å². The molecule has 1 aliphatic heterocycles. The Morgan fingerprint density at radius 2 is 1.90 bits per heavy atom. The van der Waals surface area contributed by atoms with E-state index in [0.717, 1.165) is 51.7 Å². The molecule has 1 aliphatic rings. The van der Waals surface area contributed by atoms with E-state index in [9.17, 15) is 4.79 Å². The van der Waals surface area contributed by atoms with E-state index in [1.54, 1.807) is 0 Å². The molecule has 1 saturated heterocycles. The number of amides is 1. The first kappa shape index (κ1) is 17.4. The van der Waals surface area contributed by atoms with Gasteiger partial charge >= 0.3 is 0 Å². The van der Waals surface area contributed by atoms with E-state index in [0.29, 0.717) is 6.04 Å². The van der Waals surface area contributed by atoms with E-state index in [1.165, 1.54) is 0 Å². The van der Waals surface area contributed by atoms with Crippen molar-refractivity contribution in [3.8, 4) is 0 Å². The minimum Gasteiger partial charge on any atom is -0.352 e. The van der Waals surface area contributed by atoms with Gasteiger partial charge in [-0.1, -0.05) is 20.3 Å². The average Bonchev–Trinajstić information content (AvgIpc) is 2.45. The largest absolute Gasteiger partial charge is 0.352 e. The fourth-order valence-corrected chi connectivity index (χ4v) is 3.11. The first-order chi connectivity index (χ1) is 9.60. The van der Waals surface area contributed by atoms with Gasteiger partial charge in [0.1, 0.15) is 0 Å². The lowest BCUT2D eigenvalue weighted by atomic mass is 10.0. The maximum atomic E-state index is 12.4. The van der Waals surface area contributed by atoms with Gasteiger partial charge in [0.25, 0.3) is 0 Å². The maximum Gasteiger partial charge on any atom is 0.237 e. The Kier molecular flexibility index (Phi) is 8.15. The molecular weight excluding hydrogens is 250 g/mol. The monoisotopic (exact) mass is 283 g/mol. The minimum absolute atomic E-state index is 0.0163. The Bertz CT molecular complexity index is 277. The lowest BCUT2D eigenvalue weighted by Gasteiger charge is -2.38. The average molecular weight is 283 g/mol. The second-order valence-corrected chi connectivity index (χ2v) is 6.09. The number of hydrogen-bond donors (Lipinski definition) is 2. The number of carbonyl (C=O) groups excluding carboxylic acids is 1. The van der Waals surface area contributed by atoms with E-state index in [4.69, 9.17) is 0 Å². The molecule has 0 aliphatic carbocycles. The zero-order chi connectivity index (χ0) is 15.0. The highest BCUT2D eigenvalue weighted by Gasteiger charge is 2.28. The summed E-state index contributed by atoms with van der Waals surface area (Å²) in [5.41, 5.74) is 0. The Labute approximate surface area is 124 Å². The highest BCUT2D eigenvalue weighted by Crippen LogP contribution is 2.16. The Hall–Kier alpha value is -0.610. The Balaban J connectivity index is 2.57. The van der Waals surface area contributed by atoms with E-state index >= 15 is 0 Å². The number of nitrogens with zero attached hydrogens (tertiary/aromatic N) is 1. The fraction of sp³-hybridized carbons (Fsp3) is 0.938. The van der Waals surface area contributed by atoms with Crippen molar-refractivity contribution in [3.05, 3.63) is 0 Å². The predicted octanol–water partition coefficient (Wildman–Crippen LogP) is 2.14. The molecule has 4 heteroatoms. The third-order valence-corrected chi connectivity index (χ3v) is 4.25. The van der Waals surface area contributed by atoms with Crippen LogP contribution >= 0.6 is 0 Å².